The molecule has 0 saturated heterocycles. The largest absolute Gasteiger partial charge is 0.497 e. The Kier molecular flexibility index (Phi) is 39.9. The molecule has 5 aromatic heterocycles. The van der Waals surface area contributed by atoms with Crippen molar-refractivity contribution < 1.29 is 66.6 Å². The zero-order valence-corrected chi connectivity index (χ0v) is 85.9. The first kappa shape index (κ1) is 109. The molecule has 1 aliphatic heterocycles. The smallest absolute Gasteiger partial charge is 0.270 e. The Balaban J connectivity index is 0.000000163. The minimum Gasteiger partial charge on any atom is -0.497 e. The highest BCUT2D eigenvalue weighted by molar-refractivity contribution is 6.30. The number of benzene rings is 10. The number of ether oxygens (including phenoxy) is 9. The van der Waals surface area contributed by atoms with Crippen LogP contribution in [0.25, 0.3) is 0 Å². The lowest BCUT2D eigenvalue weighted by Gasteiger charge is -2.21. The Morgan fingerprint density at radius 2 is 0.544 bits per heavy atom. The van der Waals surface area contributed by atoms with Crippen molar-refractivity contribution >= 4 is 40.5 Å². The number of carbonyl (C=O) groups is 5. The summed E-state index contributed by atoms with van der Waals surface area (Å²) in [5.74, 6) is 5.90. The number of hydrogen-bond acceptors (Lipinski definition) is 24. The SMILES string of the molecule is CCc1ccc(CC(=O)Cn2nc(C)cc(Cc3ccccc3OC)c2=O)cc1.COc1ccc(CC(=O)Cn2nc(C)cc(Cc3c(OC)cccc3OC)c2=O)cc1.COc1ccc(CC(=O)Cn2nc(C)cc(Cc3ccccc3OC)c2=O)cc1.COc1ccccc1Cc1cc(C)nn(CC(=O)Cc2ccc(C)cc2)c1=O.Cc1cc(Cc2cccc3c2OCCO3)c(=O)n(CC(=O)Cc2ccc(Cl)cc2)n1. The number of halogens is 1. The Hall–Kier alpha value is -16.6. The van der Waals surface area contributed by atoms with Crippen LogP contribution >= 0.6 is 11.6 Å². The van der Waals surface area contributed by atoms with Crippen molar-refractivity contribution in [2.24, 2.45) is 0 Å². The van der Waals surface area contributed by atoms with Gasteiger partial charge in [0.2, 0.25) is 0 Å². The van der Waals surface area contributed by atoms with Gasteiger partial charge in [0.1, 0.15) is 86.2 Å². The molecule has 15 aromatic rings. The van der Waals surface area contributed by atoms with Gasteiger partial charge in [0.15, 0.2) is 40.4 Å². The van der Waals surface area contributed by atoms with Gasteiger partial charge in [-0.1, -0.05) is 182 Å². The van der Waals surface area contributed by atoms with Crippen LogP contribution in [0.5, 0.6) is 51.7 Å². The summed E-state index contributed by atoms with van der Waals surface area (Å²) in [5, 5.41) is 22.0. The Morgan fingerprint density at radius 3 is 0.857 bits per heavy atom. The molecule has 0 aliphatic carbocycles. The topological polar surface area (TPSA) is 343 Å². The Labute approximate surface area is 858 Å². The molecule has 0 atom stereocenters. The first-order valence-corrected chi connectivity index (χ1v) is 48.3. The van der Waals surface area contributed by atoms with Crippen LogP contribution in [0.2, 0.25) is 5.02 Å². The first-order chi connectivity index (χ1) is 70.9. The monoisotopic (exact) mass is 2000 g/mol. The lowest BCUT2D eigenvalue weighted by atomic mass is 10.0. The van der Waals surface area contributed by atoms with Gasteiger partial charge in [0.25, 0.3) is 27.8 Å². The number of fused-ring (bicyclic) bond motifs is 1. The van der Waals surface area contributed by atoms with Crippen LogP contribution < -0.4 is 70.4 Å². The third-order valence-corrected chi connectivity index (χ3v) is 24.2. The van der Waals surface area contributed by atoms with Crippen molar-refractivity contribution in [3.8, 4) is 51.7 Å². The molecule has 29 nitrogen and oxygen atoms in total. The number of Topliss-reactive ketones (excluding diaryl/α,β-unsaturated/α-hetero) is 5. The van der Waals surface area contributed by atoms with Crippen molar-refractivity contribution in [1.82, 2.24) is 48.9 Å². The molecule has 16 rings (SSSR count). The predicted molar refractivity (Wildman–Crippen MR) is 564 cm³/mol. The van der Waals surface area contributed by atoms with Crippen molar-refractivity contribution in [3.63, 3.8) is 0 Å². The van der Waals surface area contributed by atoms with Gasteiger partial charge in [-0.2, -0.15) is 25.5 Å². The fraction of sp³-hybridized carbons (Fsp3) is 0.274. The molecule has 0 N–H and O–H groups in total. The number of para-hydroxylation sites is 4. The summed E-state index contributed by atoms with van der Waals surface area (Å²) in [6.07, 6.45) is 4.14. The zero-order valence-electron chi connectivity index (χ0n) is 85.2. The lowest BCUT2D eigenvalue weighted by Crippen LogP contribution is -2.30. The molecule has 1 aliphatic rings. The lowest BCUT2D eigenvalue weighted by molar-refractivity contribution is -0.120. The van der Waals surface area contributed by atoms with Gasteiger partial charge in [-0.25, -0.2) is 23.4 Å². The summed E-state index contributed by atoms with van der Waals surface area (Å²) >= 11 is 5.89. The fourth-order valence-electron chi connectivity index (χ4n) is 16.8. The number of aryl methyl sites for hydroxylation is 7. The van der Waals surface area contributed by atoms with Gasteiger partial charge in [-0.05, 0) is 201 Å². The third kappa shape index (κ3) is 31.7. The number of carbonyl (C=O) groups excluding carboxylic acids is 5. The molecule has 0 amide bonds. The molecule has 10 aromatic carbocycles. The molecule has 0 bridgehead atoms. The number of hydrogen-bond donors (Lipinski definition) is 0. The number of methoxy groups -OCH3 is 7. The number of rotatable bonds is 38. The molecule has 6 heterocycles. The molecule has 30 heteroatoms. The maximum absolute atomic E-state index is 13.0. The van der Waals surface area contributed by atoms with Crippen molar-refractivity contribution in [1.29, 1.82) is 0 Å². The number of ketones is 5. The van der Waals surface area contributed by atoms with E-state index in [1.165, 1.54) is 29.0 Å². The van der Waals surface area contributed by atoms with E-state index < -0.39 is 0 Å². The van der Waals surface area contributed by atoms with Gasteiger partial charge in [0, 0.05) is 108 Å². The van der Waals surface area contributed by atoms with Crippen LogP contribution in [0.1, 0.15) is 130 Å². The highest BCUT2D eigenvalue weighted by Gasteiger charge is 2.24. The molecule has 0 saturated carbocycles. The van der Waals surface area contributed by atoms with E-state index in [4.69, 9.17) is 54.2 Å². The molecule has 147 heavy (non-hydrogen) atoms. The molecule has 0 radical (unpaired) electrons. The second kappa shape index (κ2) is 53.7. The first-order valence-electron chi connectivity index (χ1n) is 47.9. The minimum atomic E-state index is -0.304. The van der Waals surface area contributed by atoms with Crippen LogP contribution in [0.15, 0.2) is 285 Å². The van der Waals surface area contributed by atoms with E-state index in [9.17, 15) is 47.9 Å². The van der Waals surface area contributed by atoms with Crippen LogP contribution in [0, 0.1) is 41.5 Å². The maximum atomic E-state index is 13.0. The molecular weight excluding hydrogens is 1880 g/mol. The second-order valence-corrected chi connectivity index (χ2v) is 35.8. The molecule has 0 fully saturated rings. The van der Waals surface area contributed by atoms with E-state index in [0.29, 0.717) is 130 Å². The predicted octanol–water partition coefficient (Wildman–Crippen LogP) is 16.1. The van der Waals surface area contributed by atoms with Gasteiger partial charge < -0.3 is 42.6 Å². The summed E-state index contributed by atoms with van der Waals surface area (Å²) in [5.41, 5.74) is 16.2. The van der Waals surface area contributed by atoms with Crippen molar-refractivity contribution in [2.75, 3.05) is 63.0 Å². The van der Waals surface area contributed by atoms with E-state index in [1.54, 1.807) is 123 Å². The summed E-state index contributed by atoms with van der Waals surface area (Å²) in [7, 11) is 11.2. The fourth-order valence-corrected chi connectivity index (χ4v) is 16.9. The average Bonchev–Trinajstić information content (AvgIpc) is 0.790. The van der Waals surface area contributed by atoms with E-state index in [0.717, 1.165) is 96.4 Å². The van der Waals surface area contributed by atoms with E-state index >= 15 is 0 Å². The number of aromatic nitrogens is 10. The maximum Gasteiger partial charge on any atom is 0.270 e. The molecule has 0 unspecified atom stereocenters. The molecule has 0 spiro atoms. The highest BCUT2D eigenvalue weighted by atomic mass is 35.5. The summed E-state index contributed by atoms with van der Waals surface area (Å²) < 4.78 is 55.0. The third-order valence-electron chi connectivity index (χ3n) is 23.9. The number of nitrogens with zero attached hydrogens (tertiary/aromatic N) is 10. The van der Waals surface area contributed by atoms with E-state index in [-0.39, 0.29) is 122 Å². The molecule has 760 valence electrons. The summed E-state index contributed by atoms with van der Waals surface area (Å²) in [6.45, 7) is 13.9. The Morgan fingerprint density at radius 1 is 0.286 bits per heavy atom. The van der Waals surface area contributed by atoms with E-state index in [2.05, 4.69) is 32.4 Å². The Bertz CT molecular complexity index is 7250. The van der Waals surface area contributed by atoms with Gasteiger partial charge in [0.05, 0.1) is 78.2 Å². The average molecular weight is 2010 g/mol. The van der Waals surface area contributed by atoms with Crippen LogP contribution in [0.4, 0.5) is 0 Å². The van der Waals surface area contributed by atoms with E-state index in [1.807, 2.05) is 229 Å². The molecular formula is C117H121ClN10O19. The quantitative estimate of drug-likeness (QED) is 0.0347. The van der Waals surface area contributed by atoms with Crippen LogP contribution in [-0.2, 0) is 127 Å². The van der Waals surface area contributed by atoms with Crippen molar-refractivity contribution in [3.05, 3.63) is 441 Å². The van der Waals surface area contributed by atoms with Crippen molar-refractivity contribution in [2.45, 2.75) is 152 Å². The second-order valence-electron chi connectivity index (χ2n) is 35.3. The van der Waals surface area contributed by atoms with Gasteiger partial charge in [-0.3, -0.25) is 47.9 Å². The zero-order chi connectivity index (χ0) is 105. The van der Waals surface area contributed by atoms with Crippen LogP contribution in [0.3, 0.4) is 0 Å². The van der Waals surface area contributed by atoms with Crippen LogP contribution in [-0.4, -0.2) is 141 Å². The minimum absolute atomic E-state index is 0.0328. The summed E-state index contributed by atoms with van der Waals surface area (Å²) in [4.78, 5) is 127. The standard InChI is InChI=1S/C24H26N2O5.C24H26N2O3.C23H21ClN2O4.C23H24N2O4.C23H24N2O3/c1-16-12-18(14-21-22(30-3)6-5-7-23(21)31-4)24(28)26(25-16)15-19(27)13-17-8-10-20(29-2)11-9-17;1-4-18-9-11-19(12-10-18)14-22(27)16-26-24(28)21(13-17(2)25-26)15-20-7-5-6-8-23(20)29-3;1-15-11-18(13-17-3-2-4-21-22(17)30-10-9-29-21)23(28)26(25-15)14-20(27)12-16-5-7-19(24)8-6-16;1-16-12-19(14-18-6-4-5-7-22(18)29-3)23(27)25(24-16)15-20(26)13-17-8-10-21(28-2)11-9-17;1-16-8-10-18(11-9-16)13-21(26)15-25-23(27)20(12-17(2)24-25)14-19-6-4-5-7-22(19)28-3/h5-12H,13-15H2,1-4H3;5-13H,4,14-16H2,1-3H3;2-8,11H,9-10,12-14H2,1H3;4-12H,13-15H2,1-3H3;4-12H,13-15H2,1-3H3. The normalized spacial score (nSPS) is 11.0. The van der Waals surface area contributed by atoms with Gasteiger partial charge >= 0.3 is 0 Å². The highest BCUT2D eigenvalue weighted by Crippen LogP contribution is 2.36. The van der Waals surface area contributed by atoms with Gasteiger partial charge in [-0.15, -0.1) is 0 Å². The summed E-state index contributed by atoms with van der Waals surface area (Å²) in [6, 6.07) is 80.2.